The quantitative estimate of drug-likeness (QED) is 0.749. The van der Waals surface area contributed by atoms with E-state index in [1.165, 1.54) is 0 Å². The smallest absolute Gasteiger partial charge is 0.372 e. The lowest BCUT2D eigenvalue weighted by atomic mass is 10.1. The molecule has 1 N–H and O–H groups in total. The number of aromatic nitrogens is 1. The molecule has 0 saturated carbocycles. The zero-order valence-electron chi connectivity index (χ0n) is 11.1. The van der Waals surface area contributed by atoms with Gasteiger partial charge >= 0.3 is 6.18 Å². The number of nitrogens with one attached hydrogen (secondary N) is 1. The Morgan fingerprint density at radius 3 is 2.74 bits per heavy atom. The Morgan fingerprint density at radius 2 is 2.21 bits per heavy atom. The zero-order valence-corrected chi connectivity index (χ0v) is 11.9. The summed E-state index contributed by atoms with van der Waals surface area (Å²) < 4.78 is 40.4. The topological polar surface area (TPSA) is 34.1 Å². The number of alkyl halides is 3. The third kappa shape index (κ3) is 7.49. The Labute approximate surface area is 115 Å². The Kier molecular flexibility index (Phi) is 6.74. The van der Waals surface area contributed by atoms with Crippen molar-refractivity contribution >= 4 is 11.3 Å². The summed E-state index contributed by atoms with van der Waals surface area (Å²) in [6, 6.07) is 0.101. The molecule has 0 aromatic carbocycles. The van der Waals surface area contributed by atoms with Gasteiger partial charge in [-0.15, -0.1) is 11.3 Å². The molecule has 0 amide bonds. The Hall–Kier alpha value is -0.660. The predicted molar refractivity (Wildman–Crippen MR) is 69.5 cm³/mol. The first kappa shape index (κ1) is 16.4. The van der Waals surface area contributed by atoms with Gasteiger partial charge in [0, 0.05) is 30.1 Å². The molecule has 1 unspecified atom stereocenters. The lowest BCUT2D eigenvalue weighted by Crippen LogP contribution is -2.32. The number of ether oxygens (including phenoxy) is 1. The standard InChI is InChI=1S/C12H19F3N2OS/c1-3-16-10(4-5-18-8-12(13,14)15)6-11-17-9(2)7-19-11/h7,10,16H,3-6,8H2,1-2H3. The monoisotopic (exact) mass is 296 g/mol. The van der Waals surface area contributed by atoms with Crippen LogP contribution in [0.5, 0.6) is 0 Å². The largest absolute Gasteiger partial charge is 0.411 e. The summed E-state index contributed by atoms with van der Waals surface area (Å²) in [5.41, 5.74) is 0.976. The minimum absolute atomic E-state index is 0.0987. The van der Waals surface area contributed by atoms with Gasteiger partial charge in [-0.2, -0.15) is 13.2 Å². The first-order valence-corrected chi connectivity index (χ1v) is 7.07. The molecule has 1 rings (SSSR count). The van der Waals surface area contributed by atoms with Gasteiger partial charge in [0.1, 0.15) is 6.61 Å². The van der Waals surface area contributed by atoms with Crippen molar-refractivity contribution in [2.45, 2.75) is 38.9 Å². The lowest BCUT2D eigenvalue weighted by Gasteiger charge is -2.17. The summed E-state index contributed by atoms with van der Waals surface area (Å²) >= 11 is 1.58. The molecule has 0 saturated heterocycles. The highest BCUT2D eigenvalue weighted by Crippen LogP contribution is 2.15. The van der Waals surface area contributed by atoms with Crippen LogP contribution in [0.3, 0.4) is 0 Å². The highest BCUT2D eigenvalue weighted by Gasteiger charge is 2.27. The van der Waals surface area contributed by atoms with Crippen LogP contribution in [0.1, 0.15) is 24.0 Å². The molecular weight excluding hydrogens is 277 g/mol. The van der Waals surface area contributed by atoms with E-state index < -0.39 is 12.8 Å². The Bertz CT molecular complexity index is 368. The van der Waals surface area contributed by atoms with Crippen molar-refractivity contribution in [1.82, 2.24) is 10.3 Å². The molecule has 110 valence electrons. The Balaban J connectivity index is 2.32. The Morgan fingerprint density at radius 1 is 1.47 bits per heavy atom. The van der Waals surface area contributed by atoms with Gasteiger partial charge in [-0.1, -0.05) is 6.92 Å². The fourth-order valence-corrected chi connectivity index (χ4v) is 2.54. The molecule has 0 spiro atoms. The van der Waals surface area contributed by atoms with E-state index in [1.54, 1.807) is 11.3 Å². The van der Waals surface area contributed by atoms with E-state index in [9.17, 15) is 13.2 Å². The van der Waals surface area contributed by atoms with E-state index in [0.717, 1.165) is 23.7 Å². The van der Waals surface area contributed by atoms with Crippen LogP contribution < -0.4 is 5.32 Å². The van der Waals surface area contributed by atoms with E-state index in [4.69, 9.17) is 0 Å². The van der Waals surface area contributed by atoms with E-state index >= 15 is 0 Å². The molecule has 3 nitrogen and oxygen atoms in total. The van der Waals surface area contributed by atoms with Crippen molar-refractivity contribution in [3.05, 3.63) is 16.1 Å². The zero-order chi connectivity index (χ0) is 14.3. The number of thiazole rings is 1. The fraction of sp³-hybridized carbons (Fsp3) is 0.750. The number of hydrogen-bond donors (Lipinski definition) is 1. The number of rotatable bonds is 8. The van der Waals surface area contributed by atoms with Gasteiger partial charge in [0.15, 0.2) is 0 Å². The fourth-order valence-electron chi connectivity index (χ4n) is 1.69. The van der Waals surface area contributed by atoms with Crippen LogP contribution in [-0.4, -0.2) is 37.0 Å². The van der Waals surface area contributed by atoms with Gasteiger partial charge in [0.05, 0.1) is 5.01 Å². The molecule has 0 radical (unpaired) electrons. The van der Waals surface area contributed by atoms with Crippen LogP contribution in [0.2, 0.25) is 0 Å². The van der Waals surface area contributed by atoms with Gasteiger partial charge in [-0.3, -0.25) is 0 Å². The maximum absolute atomic E-state index is 11.9. The molecule has 1 aromatic heterocycles. The molecule has 1 aromatic rings. The van der Waals surface area contributed by atoms with Crippen LogP contribution >= 0.6 is 11.3 Å². The molecule has 0 aliphatic rings. The predicted octanol–water partition coefficient (Wildman–Crippen LogP) is 2.94. The number of nitrogens with zero attached hydrogens (tertiary/aromatic N) is 1. The van der Waals surface area contributed by atoms with Crippen LogP contribution in [0.15, 0.2) is 5.38 Å². The number of likely N-dealkylation sites (N-methyl/N-ethyl adjacent to an activating group) is 1. The van der Waals surface area contributed by atoms with E-state index in [-0.39, 0.29) is 12.6 Å². The van der Waals surface area contributed by atoms with Crippen molar-refractivity contribution in [2.75, 3.05) is 19.8 Å². The van der Waals surface area contributed by atoms with Gasteiger partial charge in [-0.05, 0) is 19.9 Å². The molecule has 7 heteroatoms. The summed E-state index contributed by atoms with van der Waals surface area (Å²) in [6.45, 7) is 3.59. The molecule has 1 heterocycles. The molecule has 0 aliphatic carbocycles. The van der Waals surface area contributed by atoms with Crippen LogP contribution in [0, 0.1) is 6.92 Å². The minimum Gasteiger partial charge on any atom is -0.372 e. The first-order valence-electron chi connectivity index (χ1n) is 6.19. The normalized spacial score (nSPS) is 13.7. The highest BCUT2D eigenvalue weighted by molar-refractivity contribution is 7.09. The molecular formula is C12H19F3N2OS. The molecule has 0 aliphatic heterocycles. The molecule has 0 bridgehead atoms. The SMILES string of the molecule is CCNC(CCOCC(F)(F)F)Cc1nc(C)cs1. The summed E-state index contributed by atoms with van der Waals surface area (Å²) in [5.74, 6) is 0. The van der Waals surface area contributed by atoms with Crippen LogP contribution in [0.4, 0.5) is 13.2 Å². The van der Waals surface area contributed by atoms with Crippen LogP contribution in [0.25, 0.3) is 0 Å². The summed E-state index contributed by atoms with van der Waals surface area (Å²) in [5, 5.41) is 6.21. The van der Waals surface area contributed by atoms with Crippen LogP contribution in [-0.2, 0) is 11.2 Å². The minimum atomic E-state index is -4.25. The van der Waals surface area contributed by atoms with E-state index in [1.807, 2.05) is 19.2 Å². The number of aryl methyl sites for hydroxylation is 1. The third-order valence-corrected chi connectivity index (χ3v) is 3.45. The lowest BCUT2D eigenvalue weighted by molar-refractivity contribution is -0.174. The van der Waals surface area contributed by atoms with Crippen molar-refractivity contribution in [3.63, 3.8) is 0 Å². The molecule has 1 atom stereocenters. The third-order valence-electron chi connectivity index (χ3n) is 2.46. The van der Waals surface area contributed by atoms with Crippen molar-refractivity contribution in [2.24, 2.45) is 0 Å². The van der Waals surface area contributed by atoms with Gasteiger partial charge < -0.3 is 10.1 Å². The summed E-state index contributed by atoms with van der Waals surface area (Å²) in [6.07, 6.45) is -2.98. The average molecular weight is 296 g/mol. The second-order valence-electron chi connectivity index (χ2n) is 4.30. The van der Waals surface area contributed by atoms with Gasteiger partial charge in [0.2, 0.25) is 0 Å². The summed E-state index contributed by atoms with van der Waals surface area (Å²) in [4.78, 5) is 4.36. The second kappa shape index (κ2) is 7.81. The first-order chi connectivity index (χ1) is 8.90. The van der Waals surface area contributed by atoms with E-state index in [0.29, 0.717) is 6.42 Å². The van der Waals surface area contributed by atoms with Gasteiger partial charge in [0.25, 0.3) is 0 Å². The average Bonchev–Trinajstić information content (AvgIpc) is 2.69. The van der Waals surface area contributed by atoms with Crippen molar-refractivity contribution in [3.8, 4) is 0 Å². The molecule has 0 fully saturated rings. The molecule has 19 heavy (non-hydrogen) atoms. The number of halogens is 3. The van der Waals surface area contributed by atoms with Crippen molar-refractivity contribution in [1.29, 1.82) is 0 Å². The van der Waals surface area contributed by atoms with E-state index in [2.05, 4.69) is 15.0 Å². The summed E-state index contributed by atoms with van der Waals surface area (Å²) in [7, 11) is 0. The van der Waals surface area contributed by atoms with Gasteiger partial charge in [-0.25, -0.2) is 4.98 Å². The highest BCUT2D eigenvalue weighted by atomic mass is 32.1. The number of hydrogen-bond acceptors (Lipinski definition) is 4. The maximum Gasteiger partial charge on any atom is 0.411 e. The second-order valence-corrected chi connectivity index (χ2v) is 5.24. The maximum atomic E-state index is 11.9. The van der Waals surface area contributed by atoms with Crippen molar-refractivity contribution < 1.29 is 17.9 Å².